The van der Waals surface area contributed by atoms with E-state index < -0.39 is 0 Å². The molecule has 0 aliphatic rings. The van der Waals surface area contributed by atoms with Gasteiger partial charge >= 0.3 is 0 Å². The molecular weight excluding hydrogens is 225 g/mol. The van der Waals surface area contributed by atoms with Crippen LogP contribution in [0.5, 0.6) is 0 Å². The highest BCUT2D eigenvalue weighted by Crippen LogP contribution is 2.16. The first-order chi connectivity index (χ1) is 7.50. The van der Waals surface area contributed by atoms with Crippen LogP contribution < -0.4 is 5.32 Å². The van der Waals surface area contributed by atoms with Gasteiger partial charge in [-0.1, -0.05) is 38.4 Å². The molecule has 0 heterocycles. The smallest absolute Gasteiger partial charge is 0.141 e. The summed E-state index contributed by atoms with van der Waals surface area (Å²) < 4.78 is 12.9. The number of nitrogens with one attached hydrogen (secondary N) is 1. The second-order valence-corrected chi connectivity index (χ2v) is 5.01. The minimum atomic E-state index is -0.360. The zero-order chi connectivity index (χ0) is 12.1. The molecule has 3 heteroatoms. The van der Waals surface area contributed by atoms with Gasteiger partial charge in [-0.15, -0.1) is 0 Å². The summed E-state index contributed by atoms with van der Waals surface area (Å²) >= 11 is 5.70. The van der Waals surface area contributed by atoms with Crippen LogP contribution in [0.25, 0.3) is 0 Å². The van der Waals surface area contributed by atoms with Crippen LogP contribution in [0.15, 0.2) is 18.2 Å². The highest BCUT2D eigenvalue weighted by Gasteiger charge is 2.06. The molecule has 1 N–H and O–H groups in total. The summed E-state index contributed by atoms with van der Waals surface area (Å²) in [6.07, 6.45) is 0. The van der Waals surface area contributed by atoms with Crippen LogP contribution in [0.2, 0.25) is 5.02 Å². The van der Waals surface area contributed by atoms with Gasteiger partial charge in [0, 0.05) is 6.54 Å². The Bertz CT molecular complexity index is 339. The van der Waals surface area contributed by atoms with E-state index in [0.717, 1.165) is 18.7 Å². The fourth-order valence-corrected chi connectivity index (χ4v) is 1.53. The fraction of sp³-hybridized carbons (Fsp3) is 0.538. The molecule has 0 spiro atoms. The lowest BCUT2D eigenvalue weighted by molar-refractivity contribution is 0.392. The molecule has 1 unspecified atom stereocenters. The maximum atomic E-state index is 12.9. The molecule has 0 aliphatic carbocycles. The van der Waals surface area contributed by atoms with Crippen LogP contribution in [-0.4, -0.2) is 6.54 Å². The van der Waals surface area contributed by atoms with Crippen molar-refractivity contribution in [1.29, 1.82) is 0 Å². The van der Waals surface area contributed by atoms with E-state index in [4.69, 9.17) is 11.6 Å². The summed E-state index contributed by atoms with van der Waals surface area (Å²) in [6.45, 7) is 8.33. The van der Waals surface area contributed by atoms with Crippen molar-refractivity contribution in [3.63, 3.8) is 0 Å². The van der Waals surface area contributed by atoms with Gasteiger partial charge in [-0.25, -0.2) is 4.39 Å². The highest BCUT2D eigenvalue weighted by atomic mass is 35.5. The summed E-state index contributed by atoms with van der Waals surface area (Å²) in [6, 6.07) is 4.84. The molecular formula is C13H19ClFN. The standard InChI is InChI=1S/C13H19ClFN/c1-9(2)10(3)7-16-8-11-4-5-13(15)12(14)6-11/h4-6,9-10,16H,7-8H2,1-3H3. The minimum Gasteiger partial charge on any atom is -0.312 e. The molecule has 1 rings (SSSR count). The molecule has 16 heavy (non-hydrogen) atoms. The first kappa shape index (κ1) is 13.5. The first-order valence-corrected chi connectivity index (χ1v) is 6.03. The van der Waals surface area contributed by atoms with Gasteiger partial charge in [0.25, 0.3) is 0 Å². The van der Waals surface area contributed by atoms with E-state index in [0.29, 0.717) is 11.8 Å². The summed E-state index contributed by atoms with van der Waals surface area (Å²) in [5, 5.41) is 3.54. The third-order valence-corrected chi connectivity index (χ3v) is 3.21. The van der Waals surface area contributed by atoms with Crippen molar-refractivity contribution in [2.75, 3.05) is 6.54 Å². The van der Waals surface area contributed by atoms with Gasteiger partial charge in [0.1, 0.15) is 5.82 Å². The molecule has 0 amide bonds. The molecule has 90 valence electrons. The maximum absolute atomic E-state index is 12.9. The molecule has 1 nitrogen and oxygen atoms in total. The van der Waals surface area contributed by atoms with Gasteiger partial charge in [0.05, 0.1) is 5.02 Å². The Labute approximate surface area is 102 Å². The second kappa shape index (κ2) is 6.21. The van der Waals surface area contributed by atoms with Crippen LogP contribution in [0.3, 0.4) is 0 Å². The quantitative estimate of drug-likeness (QED) is 0.828. The summed E-state index contributed by atoms with van der Waals surface area (Å²) in [4.78, 5) is 0. The van der Waals surface area contributed by atoms with Crippen LogP contribution in [0.4, 0.5) is 4.39 Å². The molecule has 0 bridgehead atoms. The van der Waals surface area contributed by atoms with Crippen molar-refractivity contribution in [2.45, 2.75) is 27.3 Å². The summed E-state index contributed by atoms with van der Waals surface area (Å²) in [5.74, 6) is 0.946. The Morgan fingerprint density at radius 2 is 2.00 bits per heavy atom. The first-order valence-electron chi connectivity index (χ1n) is 5.65. The van der Waals surface area contributed by atoms with Crippen LogP contribution in [-0.2, 0) is 6.54 Å². The normalized spacial score (nSPS) is 13.1. The zero-order valence-electron chi connectivity index (χ0n) is 10.1. The number of rotatable bonds is 5. The number of benzene rings is 1. The lowest BCUT2D eigenvalue weighted by atomic mass is 9.98. The Kier molecular flexibility index (Phi) is 5.23. The van der Waals surface area contributed by atoms with E-state index in [2.05, 4.69) is 26.1 Å². The van der Waals surface area contributed by atoms with E-state index >= 15 is 0 Å². The zero-order valence-corrected chi connectivity index (χ0v) is 10.8. The van der Waals surface area contributed by atoms with E-state index in [9.17, 15) is 4.39 Å². The van der Waals surface area contributed by atoms with E-state index in [1.807, 2.05) is 0 Å². The molecule has 0 saturated carbocycles. The molecule has 1 aromatic carbocycles. The Hall–Kier alpha value is -0.600. The molecule has 0 radical (unpaired) electrons. The Morgan fingerprint density at radius 1 is 1.31 bits per heavy atom. The fourth-order valence-electron chi connectivity index (χ4n) is 1.33. The van der Waals surface area contributed by atoms with Crippen LogP contribution in [0, 0.1) is 17.7 Å². The number of hydrogen-bond acceptors (Lipinski definition) is 1. The topological polar surface area (TPSA) is 12.0 Å². The van der Waals surface area contributed by atoms with Crippen molar-refractivity contribution in [3.05, 3.63) is 34.6 Å². The molecule has 0 aromatic heterocycles. The summed E-state index contributed by atoms with van der Waals surface area (Å²) in [5.41, 5.74) is 1.02. The average Bonchev–Trinajstić information content (AvgIpc) is 2.23. The van der Waals surface area contributed by atoms with Crippen molar-refractivity contribution in [3.8, 4) is 0 Å². The van der Waals surface area contributed by atoms with Gasteiger partial charge in [0.2, 0.25) is 0 Å². The van der Waals surface area contributed by atoms with Crippen LogP contribution in [0.1, 0.15) is 26.3 Å². The Morgan fingerprint density at radius 3 is 2.56 bits per heavy atom. The van der Waals surface area contributed by atoms with Gasteiger partial charge in [-0.05, 0) is 36.1 Å². The van der Waals surface area contributed by atoms with Gasteiger partial charge in [0.15, 0.2) is 0 Å². The third-order valence-electron chi connectivity index (χ3n) is 2.92. The molecule has 0 fully saturated rings. The monoisotopic (exact) mass is 243 g/mol. The average molecular weight is 244 g/mol. The number of halogens is 2. The molecule has 1 aromatic rings. The van der Waals surface area contributed by atoms with E-state index in [1.165, 1.54) is 6.07 Å². The molecule has 1 atom stereocenters. The number of hydrogen-bond donors (Lipinski definition) is 1. The van der Waals surface area contributed by atoms with E-state index in [1.54, 1.807) is 12.1 Å². The van der Waals surface area contributed by atoms with Gasteiger partial charge in [-0.2, -0.15) is 0 Å². The summed E-state index contributed by atoms with van der Waals surface area (Å²) in [7, 11) is 0. The minimum absolute atomic E-state index is 0.191. The van der Waals surface area contributed by atoms with Crippen molar-refractivity contribution >= 4 is 11.6 Å². The van der Waals surface area contributed by atoms with Gasteiger partial charge < -0.3 is 5.32 Å². The largest absolute Gasteiger partial charge is 0.312 e. The molecule has 0 saturated heterocycles. The van der Waals surface area contributed by atoms with Crippen molar-refractivity contribution < 1.29 is 4.39 Å². The predicted octanol–water partition coefficient (Wildman–Crippen LogP) is 3.86. The lowest BCUT2D eigenvalue weighted by Crippen LogP contribution is -2.23. The van der Waals surface area contributed by atoms with Crippen molar-refractivity contribution in [2.24, 2.45) is 11.8 Å². The third kappa shape index (κ3) is 4.11. The SMILES string of the molecule is CC(C)C(C)CNCc1ccc(F)c(Cl)c1. The second-order valence-electron chi connectivity index (χ2n) is 4.60. The molecule has 0 aliphatic heterocycles. The maximum Gasteiger partial charge on any atom is 0.141 e. The highest BCUT2D eigenvalue weighted by molar-refractivity contribution is 6.30. The predicted molar refractivity (Wildman–Crippen MR) is 67.1 cm³/mol. The van der Waals surface area contributed by atoms with E-state index in [-0.39, 0.29) is 10.8 Å². The van der Waals surface area contributed by atoms with Crippen LogP contribution >= 0.6 is 11.6 Å². The van der Waals surface area contributed by atoms with Gasteiger partial charge in [-0.3, -0.25) is 0 Å². The Balaban J connectivity index is 2.40. The lowest BCUT2D eigenvalue weighted by Gasteiger charge is -2.16. The van der Waals surface area contributed by atoms with Crippen molar-refractivity contribution in [1.82, 2.24) is 5.32 Å².